The van der Waals surface area contributed by atoms with E-state index in [-0.39, 0.29) is 24.2 Å². The molecule has 0 aromatic heterocycles. The molecule has 28 heavy (non-hydrogen) atoms. The summed E-state index contributed by atoms with van der Waals surface area (Å²) in [5.74, 6) is -0.259. The quantitative estimate of drug-likeness (QED) is 0.614. The van der Waals surface area contributed by atoms with Gasteiger partial charge in [0.2, 0.25) is 5.91 Å². The van der Waals surface area contributed by atoms with E-state index >= 15 is 0 Å². The Labute approximate surface area is 164 Å². The molecule has 0 spiro atoms. The largest absolute Gasteiger partial charge is 0.504 e. The van der Waals surface area contributed by atoms with Crippen molar-refractivity contribution in [2.75, 3.05) is 13.7 Å². The fourth-order valence-electron chi connectivity index (χ4n) is 3.16. The summed E-state index contributed by atoms with van der Waals surface area (Å²) in [6.07, 6.45) is 4.42. The van der Waals surface area contributed by atoms with Gasteiger partial charge in [-0.1, -0.05) is 36.4 Å². The Hall–Kier alpha value is -3.28. The van der Waals surface area contributed by atoms with Gasteiger partial charge in [-0.3, -0.25) is 4.79 Å². The van der Waals surface area contributed by atoms with Gasteiger partial charge >= 0.3 is 5.97 Å². The Bertz CT molecular complexity index is 862. The molecule has 2 aromatic carbocycles. The maximum atomic E-state index is 12.6. The van der Waals surface area contributed by atoms with Gasteiger partial charge in [-0.05, 0) is 42.2 Å². The van der Waals surface area contributed by atoms with E-state index in [2.05, 4.69) is 0 Å². The van der Waals surface area contributed by atoms with Gasteiger partial charge in [0.05, 0.1) is 7.11 Å². The van der Waals surface area contributed by atoms with E-state index in [4.69, 9.17) is 9.47 Å². The van der Waals surface area contributed by atoms with Crippen LogP contribution in [-0.4, -0.2) is 41.6 Å². The smallest absolute Gasteiger partial charge is 0.329 e. The Morgan fingerprint density at radius 3 is 2.75 bits per heavy atom. The first-order valence-corrected chi connectivity index (χ1v) is 9.14. The third-order valence-electron chi connectivity index (χ3n) is 4.65. The number of methoxy groups -OCH3 is 1. The van der Waals surface area contributed by atoms with Gasteiger partial charge in [0.15, 0.2) is 11.5 Å². The van der Waals surface area contributed by atoms with Gasteiger partial charge in [-0.2, -0.15) is 0 Å². The van der Waals surface area contributed by atoms with E-state index < -0.39 is 6.04 Å². The van der Waals surface area contributed by atoms with Crippen molar-refractivity contribution in [1.29, 1.82) is 0 Å². The summed E-state index contributed by atoms with van der Waals surface area (Å²) < 4.78 is 10.5. The molecule has 6 nitrogen and oxygen atoms in total. The molecule has 0 bridgehead atoms. The lowest BCUT2D eigenvalue weighted by molar-refractivity contribution is -0.153. The van der Waals surface area contributed by atoms with Crippen molar-refractivity contribution in [3.63, 3.8) is 0 Å². The molecule has 6 heteroatoms. The monoisotopic (exact) mass is 381 g/mol. The van der Waals surface area contributed by atoms with Crippen LogP contribution in [0.5, 0.6) is 11.5 Å². The van der Waals surface area contributed by atoms with Crippen molar-refractivity contribution in [1.82, 2.24) is 4.90 Å². The van der Waals surface area contributed by atoms with Crippen LogP contribution < -0.4 is 4.74 Å². The number of hydrogen-bond acceptors (Lipinski definition) is 5. The number of amides is 1. The van der Waals surface area contributed by atoms with Crippen LogP contribution in [0.15, 0.2) is 54.6 Å². The van der Waals surface area contributed by atoms with Gasteiger partial charge in [0.25, 0.3) is 0 Å². The zero-order valence-corrected chi connectivity index (χ0v) is 15.7. The number of ether oxygens (including phenoxy) is 2. The molecular weight excluding hydrogens is 358 g/mol. The number of aromatic hydroxyl groups is 1. The van der Waals surface area contributed by atoms with Crippen LogP contribution in [0.3, 0.4) is 0 Å². The topological polar surface area (TPSA) is 76.1 Å². The number of likely N-dealkylation sites (tertiary alicyclic amines) is 1. The number of phenols is 1. The zero-order chi connectivity index (χ0) is 19.9. The first kappa shape index (κ1) is 19.5. The molecule has 1 fully saturated rings. The minimum Gasteiger partial charge on any atom is -0.504 e. The van der Waals surface area contributed by atoms with E-state index in [1.54, 1.807) is 23.1 Å². The average Bonchev–Trinajstić information content (AvgIpc) is 3.22. The predicted octanol–water partition coefficient (Wildman–Crippen LogP) is 3.15. The molecule has 1 N–H and O–H groups in total. The third-order valence-corrected chi connectivity index (χ3v) is 4.65. The molecule has 0 aliphatic carbocycles. The van der Waals surface area contributed by atoms with Crippen molar-refractivity contribution in [3.05, 3.63) is 65.7 Å². The first-order chi connectivity index (χ1) is 13.6. The number of phenolic OH excluding ortho intramolecular Hbond substituents is 1. The highest BCUT2D eigenvalue weighted by molar-refractivity contribution is 5.95. The summed E-state index contributed by atoms with van der Waals surface area (Å²) in [5, 5.41) is 9.64. The van der Waals surface area contributed by atoms with Crippen molar-refractivity contribution >= 4 is 18.0 Å². The number of nitrogens with zero attached hydrogens (tertiary/aromatic N) is 1. The van der Waals surface area contributed by atoms with Crippen molar-refractivity contribution in [2.45, 2.75) is 25.5 Å². The molecular formula is C22H23NO5. The SMILES string of the molecule is COc1cc(/C=C/C(=O)N2CCC[C@H]2C(=O)OCc2ccccc2)ccc1O. The van der Waals surface area contributed by atoms with Gasteiger partial charge < -0.3 is 19.5 Å². The predicted molar refractivity (Wildman–Crippen MR) is 105 cm³/mol. The molecule has 0 radical (unpaired) electrons. The number of esters is 1. The van der Waals surface area contributed by atoms with Gasteiger partial charge in [-0.25, -0.2) is 4.79 Å². The average molecular weight is 381 g/mol. The van der Waals surface area contributed by atoms with Crippen LogP contribution in [0.1, 0.15) is 24.0 Å². The second-order valence-electron chi connectivity index (χ2n) is 6.55. The Morgan fingerprint density at radius 1 is 1.21 bits per heavy atom. The van der Waals surface area contributed by atoms with E-state index in [0.29, 0.717) is 24.3 Å². The highest BCUT2D eigenvalue weighted by Crippen LogP contribution is 2.27. The fourth-order valence-corrected chi connectivity index (χ4v) is 3.16. The number of carbonyl (C=O) groups excluding carboxylic acids is 2. The van der Waals surface area contributed by atoms with Gasteiger partial charge in [0.1, 0.15) is 12.6 Å². The van der Waals surface area contributed by atoms with E-state index in [0.717, 1.165) is 12.0 Å². The van der Waals surface area contributed by atoms with E-state index in [1.165, 1.54) is 19.3 Å². The molecule has 1 saturated heterocycles. The van der Waals surface area contributed by atoms with Crippen molar-refractivity contribution in [3.8, 4) is 11.5 Å². The second kappa shape index (κ2) is 9.08. The molecule has 1 atom stereocenters. The second-order valence-corrected chi connectivity index (χ2v) is 6.55. The highest BCUT2D eigenvalue weighted by Gasteiger charge is 2.34. The van der Waals surface area contributed by atoms with Crippen LogP contribution in [0.4, 0.5) is 0 Å². The normalized spacial score (nSPS) is 16.3. The number of hydrogen-bond donors (Lipinski definition) is 1. The van der Waals surface area contributed by atoms with Crippen LogP contribution in [0, 0.1) is 0 Å². The highest BCUT2D eigenvalue weighted by atomic mass is 16.5. The number of rotatable bonds is 6. The Kier molecular flexibility index (Phi) is 6.32. The van der Waals surface area contributed by atoms with E-state index in [9.17, 15) is 14.7 Å². The first-order valence-electron chi connectivity index (χ1n) is 9.14. The molecule has 1 heterocycles. The minimum absolute atomic E-state index is 0.0340. The lowest BCUT2D eigenvalue weighted by Crippen LogP contribution is -2.40. The van der Waals surface area contributed by atoms with Crippen LogP contribution in [0.2, 0.25) is 0 Å². The maximum absolute atomic E-state index is 12.6. The molecule has 3 rings (SSSR count). The minimum atomic E-state index is -0.560. The summed E-state index contributed by atoms with van der Waals surface area (Å²) in [6.45, 7) is 0.717. The van der Waals surface area contributed by atoms with E-state index in [1.807, 2.05) is 30.3 Å². The molecule has 0 unspecified atom stereocenters. The standard InChI is InChI=1S/C22H23NO5/c1-27-20-14-16(9-11-19(20)24)10-12-21(25)23-13-5-8-18(23)22(26)28-15-17-6-3-2-4-7-17/h2-4,6-7,9-12,14,18,24H,5,8,13,15H2,1H3/b12-10+/t18-/m0/s1. The fraction of sp³-hybridized carbons (Fsp3) is 0.273. The lowest BCUT2D eigenvalue weighted by atomic mass is 10.1. The molecule has 1 amide bonds. The Morgan fingerprint density at radius 2 is 2.00 bits per heavy atom. The van der Waals surface area contributed by atoms with Crippen LogP contribution in [-0.2, 0) is 20.9 Å². The van der Waals surface area contributed by atoms with Crippen molar-refractivity contribution < 1.29 is 24.2 Å². The summed E-state index contributed by atoms with van der Waals surface area (Å²) in [5.41, 5.74) is 1.62. The summed E-state index contributed by atoms with van der Waals surface area (Å²) in [7, 11) is 1.46. The Balaban J connectivity index is 1.61. The van der Waals surface area contributed by atoms with Crippen LogP contribution in [0.25, 0.3) is 6.08 Å². The molecule has 1 aliphatic rings. The molecule has 1 aliphatic heterocycles. The molecule has 0 saturated carbocycles. The van der Waals surface area contributed by atoms with Gasteiger partial charge in [-0.15, -0.1) is 0 Å². The van der Waals surface area contributed by atoms with Gasteiger partial charge in [0, 0.05) is 12.6 Å². The summed E-state index contributed by atoms with van der Waals surface area (Å²) in [4.78, 5) is 26.6. The van der Waals surface area contributed by atoms with Crippen LogP contribution >= 0.6 is 0 Å². The van der Waals surface area contributed by atoms with Crippen molar-refractivity contribution in [2.24, 2.45) is 0 Å². The molecule has 2 aromatic rings. The third kappa shape index (κ3) is 4.71. The zero-order valence-electron chi connectivity index (χ0n) is 15.7. The number of benzene rings is 2. The maximum Gasteiger partial charge on any atom is 0.329 e. The number of carbonyl (C=O) groups is 2. The lowest BCUT2D eigenvalue weighted by Gasteiger charge is -2.22. The summed E-state index contributed by atoms with van der Waals surface area (Å²) >= 11 is 0. The summed E-state index contributed by atoms with van der Waals surface area (Å²) in [6, 6.07) is 13.7. The molecule has 146 valence electrons.